The molecule has 9 heteroatoms. The Hall–Kier alpha value is -2.32. The Kier molecular flexibility index (Phi) is 4.76. The number of hydrogen-bond acceptors (Lipinski definition) is 4. The van der Waals surface area contributed by atoms with Crippen molar-refractivity contribution in [1.82, 2.24) is 9.88 Å². The monoisotopic (exact) mass is 331 g/mol. The molecule has 6 nitrogen and oxygen atoms in total. The summed E-state index contributed by atoms with van der Waals surface area (Å²) in [6.45, 7) is 0.961. The molecule has 1 fully saturated rings. The van der Waals surface area contributed by atoms with Gasteiger partial charge in [0.1, 0.15) is 5.56 Å². The topological polar surface area (TPSA) is 85.5 Å². The minimum atomic E-state index is -4.60. The summed E-state index contributed by atoms with van der Waals surface area (Å²) in [4.78, 5) is 28.6. The Labute approximate surface area is 130 Å². The highest BCUT2D eigenvalue weighted by Crippen LogP contribution is 2.38. The van der Waals surface area contributed by atoms with Crippen LogP contribution in [0.3, 0.4) is 0 Å². The van der Waals surface area contributed by atoms with Gasteiger partial charge in [0.25, 0.3) is 5.91 Å². The minimum Gasteiger partial charge on any atom is -0.477 e. The van der Waals surface area contributed by atoms with Crippen molar-refractivity contribution >= 4 is 11.8 Å². The second-order valence-electron chi connectivity index (χ2n) is 5.16. The lowest BCUT2D eigenvalue weighted by atomic mass is 9.95. The van der Waals surface area contributed by atoms with Gasteiger partial charge >= 0.3 is 6.18 Å². The van der Waals surface area contributed by atoms with E-state index in [9.17, 15) is 22.8 Å². The number of halogens is 3. The number of primary amides is 1. The normalized spacial score (nSPS) is 21.3. The van der Waals surface area contributed by atoms with Crippen LogP contribution >= 0.6 is 0 Å². The van der Waals surface area contributed by atoms with E-state index in [4.69, 9.17) is 10.5 Å². The Morgan fingerprint density at radius 1 is 1.43 bits per heavy atom. The average Bonchev–Trinajstić information content (AvgIpc) is 2.93. The van der Waals surface area contributed by atoms with E-state index < -0.39 is 36.4 Å². The van der Waals surface area contributed by atoms with Crippen molar-refractivity contribution in [2.75, 3.05) is 19.7 Å². The van der Waals surface area contributed by atoms with Crippen LogP contribution in [0.5, 0.6) is 5.88 Å². The smallest absolute Gasteiger partial charge is 0.394 e. The van der Waals surface area contributed by atoms with Crippen LogP contribution in [0.2, 0.25) is 0 Å². The third kappa shape index (κ3) is 3.54. The van der Waals surface area contributed by atoms with E-state index in [1.165, 1.54) is 18.3 Å². The molecular formula is C14H16F3N3O3. The van der Waals surface area contributed by atoms with Crippen LogP contribution in [0.15, 0.2) is 18.3 Å². The summed E-state index contributed by atoms with van der Waals surface area (Å²) >= 11 is 0. The fraction of sp³-hybridized carbons (Fsp3) is 0.500. The molecule has 2 amide bonds. The highest BCUT2D eigenvalue weighted by Gasteiger charge is 2.53. The predicted molar refractivity (Wildman–Crippen MR) is 73.5 cm³/mol. The summed E-state index contributed by atoms with van der Waals surface area (Å²) < 4.78 is 44.3. The molecule has 1 saturated heterocycles. The third-order valence-corrected chi connectivity index (χ3v) is 3.68. The number of alkyl halides is 3. The molecule has 0 bridgehead atoms. The number of ether oxygens (including phenoxy) is 1. The lowest BCUT2D eigenvalue weighted by molar-refractivity contribution is -0.182. The molecule has 1 aliphatic rings. The number of hydrogen-bond donors (Lipinski definition) is 1. The third-order valence-electron chi connectivity index (χ3n) is 3.68. The van der Waals surface area contributed by atoms with Crippen LogP contribution in [0, 0.1) is 11.8 Å². The molecule has 2 heterocycles. The Balaban J connectivity index is 2.26. The lowest BCUT2D eigenvalue weighted by Crippen LogP contribution is -2.37. The second kappa shape index (κ2) is 6.43. The molecule has 126 valence electrons. The lowest BCUT2D eigenvalue weighted by Gasteiger charge is -2.19. The predicted octanol–water partition coefficient (Wildman–Crippen LogP) is 1.22. The zero-order valence-corrected chi connectivity index (χ0v) is 12.3. The fourth-order valence-corrected chi connectivity index (χ4v) is 2.57. The maximum absolute atomic E-state index is 13.0. The van der Waals surface area contributed by atoms with Crippen molar-refractivity contribution in [3.63, 3.8) is 0 Å². The van der Waals surface area contributed by atoms with Crippen LogP contribution in [-0.4, -0.2) is 47.6 Å². The minimum absolute atomic E-state index is 0.0473. The van der Waals surface area contributed by atoms with Crippen molar-refractivity contribution in [1.29, 1.82) is 0 Å². The molecule has 1 aromatic heterocycles. The number of carbonyl (C=O) groups excluding carboxylic acids is 2. The summed E-state index contributed by atoms with van der Waals surface area (Å²) in [5, 5.41) is 0. The standard InChI is InChI=1S/C14H16F3N3O3/c1-2-23-12-8(4-3-5-19-12)13(22)20-6-9(11(18)21)10(7-20)14(15,16)17/h3-5,9-10H,2,6-7H2,1H3,(H2,18,21)/t9-,10-/m1/s1. The number of pyridine rings is 1. The first-order valence-corrected chi connectivity index (χ1v) is 6.98. The summed E-state index contributed by atoms with van der Waals surface area (Å²) in [7, 11) is 0. The quantitative estimate of drug-likeness (QED) is 0.899. The molecule has 2 atom stereocenters. The van der Waals surface area contributed by atoms with Gasteiger partial charge in [-0.25, -0.2) is 4.98 Å². The molecule has 2 N–H and O–H groups in total. The van der Waals surface area contributed by atoms with Gasteiger partial charge in [0.05, 0.1) is 18.4 Å². The van der Waals surface area contributed by atoms with Crippen molar-refractivity contribution in [2.45, 2.75) is 13.1 Å². The van der Waals surface area contributed by atoms with Gasteiger partial charge in [0, 0.05) is 19.3 Å². The number of amides is 2. The summed E-state index contributed by atoms with van der Waals surface area (Å²) in [5.41, 5.74) is 5.11. The van der Waals surface area contributed by atoms with Gasteiger partial charge in [0.15, 0.2) is 0 Å². The SMILES string of the molecule is CCOc1ncccc1C(=O)N1C[C@@H](C(F)(F)F)[C@H](C(N)=O)C1. The molecule has 0 radical (unpaired) electrons. The summed E-state index contributed by atoms with van der Waals surface area (Å²) in [6.07, 6.45) is -3.19. The van der Waals surface area contributed by atoms with Crippen LogP contribution in [-0.2, 0) is 4.79 Å². The molecular weight excluding hydrogens is 315 g/mol. The van der Waals surface area contributed by atoms with Gasteiger partial charge in [-0.3, -0.25) is 9.59 Å². The maximum Gasteiger partial charge on any atom is 0.394 e. The first-order valence-electron chi connectivity index (χ1n) is 6.98. The number of aromatic nitrogens is 1. The van der Waals surface area contributed by atoms with Gasteiger partial charge in [-0.2, -0.15) is 13.2 Å². The van der Waals surface area contributed by atoms with Gasteiger partial charge < -0.3 is 15.4 Å². The van der Waals surface area contributed by atoms with Crippen molar-refractivity contribution in [3.05, 3.63) is 23.9 Å². The largest absolute Gasteiger partial charge is 0.477 e. The highest BCUT2D eigenvalue weighted by atomic mass is 19.4. The molecule has 1 aromatic rings. The van der Waals surface area contributed by atoms with Gasteiger partial charge in [0.2, 0.25) is 11.8 Å². The average molecular weight is 331 g/mol. The van der Waals surface area contributed by atoms with Crippen molar-refractivity contribution in [2.24, 2.45) is 17.6 Å². The molecule has 0 aromatic carbocycles. The fourth-order valence-electron chi connectivity index (χ4n) is 2.57. The Morgan fingerprint density at radius 2 is 2.13 bits per heavy atom. The zero-order valence-electron chi connectivity index (χ0n) is 12.3. The van der Waals surface area contributed by atoms with Crippen LogP contribution < -0.4 is 10.5 Å². The second-order valence-corrected chi connectivity index (χ2v) is 5.16. The molecule has 23 heavy (non-hydrogen) atoms. The van der Waals surface area contributed by atoms with E-state index >= 15 is 0 Å². The summed E-state index contributed by atoms with van der Waals surface area (Å²) in [6, 6.07) is 2.90. The molecule has 1 aliphatic heterocycles. The van der Waals surface area contributed by atoms with Gasteiger partial charge in [-0.05, 0) is 19.1 Å². The molecule has 2 rings (SSSR count). The Bertz CT molecular complexity index is 606. The van der Waals surface area contributed by atoms with Crippen LogP contribution in [0.4, 0.5) is 13.2 Å². The van der Waals surface area contributed by atoms with E-state index in [-0.39, 0.29) is 24.6 Å². The number of likely N-dealkylation sites (tertiary alicyclic amines) is 1. The first-order chi connectivity index (χ1) is 10.8. The molecule has 0 unspecified atom stereocenters. The molecule has 0 spiro atoms. The van der Waals surface area contributed by atoms with E-state index in [0.29, 0.717) is 0 Å². The number of carbonyl (C=O) groups is 2. The van der Waals surface area contributed by atoms with Crippen LogP contribution in [0.25, 0.3) is 0 Å². The van der Waals surface area contributed by atoms with E-state index in [1.807, 2.05) is 0 Å². The van der Waals surface area contributed by atoms with E-state index in [2.05, 4.69) is 4.98 Å². The van der Waals surface area contributed by atoms with Crippen molar-refractivity contribution in [3.8, 4) is 5.88 Å². The van der Waals surface area contributed by atoms with Gasteiger partial charge in [-0.15, -0.1) is 0 Å². The maximum atomic E-state index is 13.0. The first kappa shape index (κ1) is 17.0. The Morgan fingerprint density at radius 3 is 2.65 bits per heavy atom. The van der Waals surface area contributed by atoms with E-state index in [0.717, 1.165) is 4.90 Å². The number of rotatable bonds is 4. The molecule has 0 aliphatic carbocycles. The highest BCUT2D eigenvalue weighted by molar-refractivity contribution is 5.97. The van der Waals surface area contributed by atoms with E-state index in [1.54, 1.807) is 6.92 Å². The number of nitrogens with two attached hydrogens (primary N) is 1. The number of nitrogens with zero attached hydrogens (tertiary/aromatic N) is 2. The van der Waals surface area contributed by atoms with Crippen molar-refractivity contribution < 1.29 is 27.5 Å². The molecule has 0 saturated carbocycles. The van der Waals surface area contributed by atoms with Gasteiger partial charge in [-0.1, -0.05) is 0 Å². The zero-order chi connectivity index (χ0) is 17.2. The van der Waals surface area contributed by atoms with Crippen LogP contribution in [0.1, 0.15) is 17.3 Å². The summed E-state index contributed by atoms with van der Waals surface area (Å²) in [5.74, 6) is -5.10.